The van der Waals surface area contributed by atoms with Gasteiger partial charge in [-0.3, -0.25) is 9.59 Å². The van der Waals surface area contributed by atoms with Gasteiger partial charge >= 0.3 is 6.18 Å². The lowest BCUT2D eigenvalue weighted by atomic mass is 9.86. The van der Waals surface area contributed by atoms with Crippen LogP contribution in [0.3, 0.4) is 0 Å². The second-order valence-electron chi connectivity index (χ2n) is 10.7. The van der Waals surface area contributed by atoms with Crippen LogP contribution in [0.1, 0.15) is 67.8 Å². The van der Waals surface area contributed by atoms with Gasteiger partial charge in [0.05, 0.1) is 39.7 Å². The molecule has 1 aromatic carbocycles. The zero-order chi connectivity index (χ0) is 29.1. The Morgan fingerprint density at radius 3 is 2.73 bits per heavy atom. The number of allylic oxidation sites excluding steroid dienone is 1. The SMILES string of the molecule is C[C@H]1OC2(CCNCC2)c2c1n(CC(=O)Nc1ccc(C(F)(F)F)cc1Cl)c1nc(C3=CCC(O)CC3)nn1c2=O. The van der Waals surface area contributed by atoms with Crippen LogP contribution in [0.5, 0.6) is 0 Å². The largest absolute Gasteiger partial charge is 0.416 e. The number of nitrogens with one attached hydrogen (secondary N) is 2. The second kappa shape index (κ2) is 10.2. The van der Waals surface area contributed by atoms with Crippen LogP contribution in [0, 0.1) is 0 Å². The van der Waals surface area contributed by atoms with Crippen LogP contribution >= 0.6 is 11.6 Å². The Bertz CT molecular complexity index is 1630. The van der Waals surface area contributed by atoms with Crippen molar-refractivity contribution in [3.63, 3.8) is 0 Å². The quantitative estimate of drug-likeness (QED) is 0.421. The number of carbonyl (C=O) groups excluding carboxylic acids is 1. The molecule has 1 amide bonds. The maximum absolute atomic E-state index is 14.0. The molecule has 1 unspecified atom stereocenters. The third-order valence-corrected chi connectivity index (χ3v) is 8.29. The summed E-state index contributed by atoms with van der Waals surface area (Å²) in [5.74, 6) is -0.0983. The molecule has 0 saturated carbocycles. The van der Waals surface area contributed by atoms with Crippen LogP contribution in [0.2, 0.25) is 5.02 Å². The first-order chi connectivity index (χ1) is 19.5. The number of nitrogens with zero attached hydrogens (tertiary/aromatic N) is 4. The molecule has 1 saturated heterocycles. The summed E-state index contributed by atoms with van der Waals surface area (Å²) in [6, 6.07) is 2.69. The number of piperidine rings is 1. The van der Waals surface area contributed by atoms with Crippen molar-refractivity contribution in [1.29, 1.82) is 0 Å². The van der Waals surface area contributed by atoms with E-state index >= 15 is 0 Å². The number of benzene rings is 1. The molecule has 3 N–H and O–H groups in total. The Hall–Kier alpha value is -3.26. The molecule has 10 nitrogen and oxygen atoms in total. The van der Waals surface area contributed by atoms with Gasteiger partial charge < -0.3 is 25.0 Å². The molecule has 3 aliphatic rings. The molecule has 0 bridgehead atoms. The number of aliphatic hydroxyl groups is 1. The van der Waals surface area contributed by atoms with E-state index in [-0.39, 0.29) is 28.6 Å². The number of fused-ring (bicyclic) bond motifs is 3. The van der Waals surface area contributed by atoms with Crippen molar-refractivity contribution in [3.05, 3.63) is 62.3 Å². The summed E-state index contributed by atoms with van der Waals surface area (Å²) >= 11 is 6.07. The number of hydrogen-bond acceptors (Lipinski definition) is 7. The molecule has 2 atom stereocenters. The molecule has 41 heavy (non-hydrogen) atoms. The monoisotopic (exact) mass is 592 g/mol. The fourth-order valence-corrected chi connectivity index (χ4v) is 6.24. The van der Waals surface area contributed by atoms with Crippen molar-refractivity contribution in [2.75, 3.05) is 18.4 Å². The number of alkyl halides is 3. The summed E-state index contributed by atoms with van der Waals surface area (Å²) in [7, 11) is 0. The summed E-state index contributed by atoms with van der Waals surface area (Å²) in [6.07, 6.45) is -1.06. The number of anilines is 1. The first-order valence-electron chi connectivity index (χ1n) is 13.4. The molecule has 1 aliphatic carbocycles. The van der Waals surface area contributed by atoms with Crippen LogP contribution in [-0.2, 0) is 27.9 Å². The molecule has 1 spiro atoms. The minimum atomic E-state index is -4.58. The highest BCUT2D eigenvalue weighted by Gasteiger charge is 2.49. The number of rotatable bonds is 4. The lowest BCUT2D eigenvalue weighted by Crippen LogP contribution is -2.43. The van der Waals surface area contributed by atoms with Gasteiger partial charge in [-0.15, -0.1) is 5.10 Å². The molecular formula is C27H28ClF3N6O4. The van der Waals surface area contributed by atoms with Gasteiger partial charge in [-0.1, -0.05) is 17.7 Å². The maximum Gasteiger partial charge on any atom is 0.416 e. The summed E-state index contributed by atoms with van der Waals surface area (Å²) in [4.78, 5) is 31.9. The zero-order valence-electron chi connectivity index (χ0n) is 22.1. The Kier molecular flexibility index (Phi) is 6.96. The lowest BCUT2D eigenvalue weighted by Gasteiger charge is -2.33. The van der Waals surface area contributed by atoms with Crippen molar-refractivity contribution >= 4 is 34.5 Å². The van der Waals surface area contributed by atoms with E-state index in [2.05, 4.69) is 20.7 Å². The van der Waals surface area contributed by atoms with Crippen LogP contribution in [-0.4, -0.2) is 49.4 Å². The van der Waals surface area contributed by atoms with E-state index in [9.17, 15) is 27.9 Å². The van der Waals surface area contributed by atoms with Crippen LogP contribution in [0.4, 0.5) is 18.9 Å². The molecule has 2 aromatic heterocycles. The average Bonchev–Trinajstić information content (AvgIpc) is 3.48. The normalized spacial score (nSPS) is 22.1. The highest BCUT2D eigenvalue weighted by atomic mass is 35.5. The predicted octanol–water partition coefficient (Wildman–Crippen LogP) is 3.80. The third-order valence-electron chi connectivity index (χ3n) is 7.98. The first-order valence-corrected chi connectivity index (χ1v) is 13.8. The van der Waals surface area contributed by atoms with E-state index in [1.54, 1.807) is 4.57 Å². The number of aliphatic hydroxyl groups excluding tert-OH is 1. The first kappa shape index (κ1) is 27.9. The molecule has 218 valence electrons. The van der Waals surface area contributed by atoms with E-state index in [1.807, 2.05) is 13.0 Å². The van der Waals surface area contributed by atoms with Gasteiger partial charge in [0.1, 0.15) is 12.1 Å². The molecule has 6 rings (SSSR count). The van der Waals surface area contributed by atoms with Crippen LogP contribution in [0.15, 0.2) is 29.1 Å². The number of halogens is 4. The molecule has 2 aliphatic heterocycles. The highest BCUT2D eigenvalue weighted by Crippen LogP contribution is 2.47. The van der Waals surface area contributed by atoms with Gasteiger partial charge in [0.25, 0.3) is 5.56 Å². The Morgan fingerprint density at radius 1 is 1.32 bits per heavy atom. The number of carbonyl (C=O) groups is 1. The van der Waals surface area contributed by atoms with E-state index in [4.69, 9.17) is 16.3 Å². The fraction of sp³-hybridized carbons (Fsp3) is 0.481. The average molecular weight is 593 g/mol. The molecule has 3 aromatic rings. The van der Waals surface area contributed by atoms with E-state index < -0.39 is 35.5 Å². The van der Waals surface area contributed by atoms with Crippen LogP contribution < -0.4 is 16.2 Å². The minimum absolute atomic E-state index is 0.0191. The van der Waals surface area contributed by atoms with E-state index in [0.717, 1.165) is 23.8 Å². The van der Waals surface area contributed by atoms with Crippen molar-refractivity contribution in [2.45, 2.75) is 69.6 Å². The number of hydrogen-bond donors (Lipinski definition) is 3. The van der Waals surface area contributed by atoms with Crippen molar-refractivity contribution < 1.29 is 27.8 Å². The summed E-state index contributed by atoms with van der Waals surface area (Å²) in [5.41, 5.74) is -0.370. The van der Waals surface area contributed by atoms with Crippen molar-refractivity contribution in [3.8, 4) is 0 Å². The molecule has 1 fully saturated rings. The van der Waals surface area contributed by atoms with Crippen LogP contribution in [0.25, 0.3) is 11.4 Å². The van der Waals surface area contributed by atoms with Crippen molar-refractivity contribution in [1.82, 2.24) is 24.5 Å². The van der Waals surface area contributed by atoms with Gasteiger partial charge in [0, 0.05) is 0 Å². The molecule has 0 radical (unpaired) electrons. The third kappa shape index (κ3) is 4.94. The standard InChI is InChI=1S/C27H28ClF3N6O4/c1-14-22-21(26(41-14)8-10-32-11-9-26)24(40)37-25(34-23(35-37)15-2-5-17(38)6-3-15)36(22)13-20(39)33-19-7-4-16(12-18(19)28)27(29,30)31/h2,4,7,12,14,17,32,38H,3,5-6,8-11,13H2,1H3,(H,33,39)/t14-,17?/m1/s1. The van der Waals surface area contributed by atoms with E-state index in [1.165, 1.54) is 4.52 Å². The summed E-state index contributed by atoms with van der Waals surface area (Å²) < 4.78 is 48.4. The smallest absolute Gasteiger partial charge is 0.393 e. The maximum atomic E-state index is 14.0. The molecule has 4 heterocycles. The van der Waals surface area contributed by atoms with Gasteiger partial charge in [-0.2, -0.15) is 22.7 Å². The highest BCUT2D eigenvalue weighted by molar-refractivity contribution is 6.33. The number of amides is 1. The lowest BCUT2D eigenvalue weighted by molar-refractivity contribution is -0.137. The Morgan fingerprint density at radius 2 is 2.07 bits per heavy atom. The number of ether oxygens (including phenoxy) is 1. The zero-order valence-corrected chi connectivity index (χ0v) is 22.8. The molecule has 14 heteroatoms. The Balaban J connectivity index is 1.44. The van der Waals surface area contributed by atoms with Gasteiger partial charge in [-0.25, -0.2) is 0 Å². The number of aromatic nitrogens is 4. The minimum Gasteiger partial charge on any atom is -0.393 e. The predicted molar refractivity (Wildman–Crippen MR) is 143 cm³/mol. The molecular weight excluding hydrogens is 565 g/mol. The van der Waals surface area contributed by atoms with Gasteiger partial charge in [0.2, 0.25) is 11.7 Å². The Labute approximate surface area is 237 Å². The summed E-state index contributed by atoms with van der Waals surface area (Å²) in [6.45, 7) is 2.79. The second-order valence-corrected chi connectivity index (χ2v) is 11.1. The van der Waals surface area contributed by atoms with Crippen molar-refractivity contribution in [2.24, 2.45) is 0 Å². The fourth-order valence-electron chi connectivity index (χ4n) is 6.02. The van der Waals surface area contributed by atoms with E-state index in [0.29, 0.717) is 62.3 Å². The van der Waals surface area contributed by atoms with Gasteiger partial charge in [-0.05, 0) is 75.9 Å². The topological polar surface area (TPSA) is 123 Å². The summed E-state index contributed by atoms with van der Waals surface area (Å²) in [5, 5.41) is 20.0. The van der Waals surface area contributed by atoms with Gasteiger partial charge in [0.15, 0.2) is 5.82 Å².